The van der Waals surface area contributed by atoms with Gasteiger partial charge in [-0.25, -0.2) is 9.78 Å². The number of aromatic carboxylic acids is 1. The van der Waals surface area contributed by atoms with Crippen molar-refractivity contribution in [1.29, 1.82) is 0 Å². The number of carboxylic acid groups (broad SMARTS) is 1. The summed E-state index contributed by atoms with van der Waals surface area (Å²) in [6.45, 7) is 2.36. The number of nitrogens with zero attached hydrogens (tertiary/aromatic N) is 1. The Hall–Kier alpha value is -2.83. The zero-order valence-electron chi connectivity index (χ0n) is 10.7. The van der Waals surface area contributed by atoms with E-state index >= 15 is 0 Å². The fraction of sp³-hybridized carbons (Fsp3) is 0.154. The molecule has 2 aromatic rings. The summed E-state index contributed by atoms with van der Waals surface area (Å²) in [6.07, 6.45) is 1.01. The Bertz CT molecular complexity index is 681. The third kappa shape index (κ3) is 2.94. The van der Waals surface area contributed by atoms with Crippen molar-refractivity contribution < 1.29 is 14.6 Å². The highest BCUT2D eigenvalue weighted by atomic mass is 16.5. The minimum absolute atomic E-state index is 0.146. The molecule has 0 saturated carbocycles. The number of hydrogen-bond donors (Lipinski definition) is 3. The van der Waals surface area contributed by atoms with Gasteiger partial charge in [0.1, 0.15) is 11.3 Å². The van der Waals surface area contributed by atoms with Crippen molar-refractivity contribution in [3.05, 3.63) is 46.4 Å². The Morgan fingerprint density at radius 1 is 1.45 bits per heavy atom. The highest BCUT2D eigenvalue weighted by Crippen LogP contribution is 2.25. The van der Waals surface area contributed by atoms with E-state index in [1.54, 1.807) is 18.2 Å². The fourth-order valence-corrected chi connectivity index (χ4v) is 1.59. The molecule has 20 heavy (non-hydrogen) atoms. The maximum atomic E-state index is 11.5. The van der Waals surface area contributed by atoms with E-state index in [-0.39, 0.29) is 5.95 Å². The van der Waals surface area contributed by atoms with E-state index in [4.69, 9.17) is 9.84 Å². The number of ether oxygens (including phenoxy) is 1. The molecule has 0 aliphatic rings. The molecule has 104 valence electrons. The Morgan fingerprint density at radius 3 is 2.85 bits per heavy atom. The first-order chi connectivity index (χ1) is 9.61. The van der Waals surface area contributed by atoms with Gasteiger partial charge in [0, 0.05) is 0 Å². The van der Waals surface area contributed by atoms with Gasteiger partial charge in [0.25, 0.3) is 5.56 Å². The number of aromatic nitrogens is 2. The Morgan fingerprint density at radius 2 is 2.20 bits per heavy atom. The van der Waals surface area contributed by atoms with Gasteiger partial charge in [-0.2, -0.15) is 0 Å². The van der Waals surface area contributed by atoms with Crippen LogP contribution in [0.5, 0.6) is 5.75 Å². The first-order valence-electron chi connectivity index (χ1n) is 5.93. The van der Waals surface area contributed by atoms with Crippen LogP contribution in [0, 0.1) is 0 Å². The maximum Gasteiger partial charge on any atom is 0.342 e. The number of nitrogens with one attached hydrogen (secondary N) is 2. The van der Waals surface area contributed by atoms with Crippen LogP contribution in [0.15, 0.2) is 35.3 Å². The number of carboxylic acids is 1. The van der Waals surface area contributed by atoms with Crippen LogP contribution < -0.4 is 15.6 Å². The van der Waals surface area contributed by atoms with Crippen molar-refractivity contribution in [2.45, 2.75) is 6.92 Å². The standard InChI is InChI=1S/C13H13N3O4/c1-2-20-10-6-4-3-5-9(10)15-13-14-7-8(12(18)19)11(17)16-13/h3-7H,2H2,1H3,(H,18,19)(H2,14,15,16,17). The minimum Gasteiger partial charge on any atom is -0.492 e. The second-order valence-electron chi connectivity index (χ2n) is 3.83. The zero-order valence-corrected chi connectivity index (χ0v) is 10.7. The number of benzene rings is 1. The van der Waals surface area contributed by atoms with Crippen LogP contribution in [0.1, 0.15) is 17.3 Å². The second-order valence-corrected chi connectivity index (χ2v) is 3.83. The molecule has 2 rings (SSSR count). The molecule has 1 heterocycles. The molecule has 7 nitrogen and oxygen atoms in total. The van der Waals surface area contributed by atoms with Gasteiger partial charge in [-0.1, -0.05) is 12.1 Å². The summed E-state index contributed by atoms with van der Waals surface area (Å²) in [5, 5.41) is 11.6. The van der Waals surface area contributed by atoms with Gasteiger partial charge in [-0.05, 0) is 19.1 Å². The van der Waals surface area contributed by atoms with E-state index in [0.717, 1.165) is 6.20 Å². The average molecular weight is 275 g/mol. The summed E-state index contributed by atoms with van der Waals surface area (Å²) in [4.78, 5) is 28.5. The molecule has 0 aliphatic carbocycles. The quantitative estimate of drug-likeness (QED) is 0.765. The van der Waals surface area contributed by atoms with Crippen molar-refractivity contribution in [2.75, 3.05) is 11.9 Å². The number of aromatic amines is 1. The summed E-state index contributed by atoms with van der Waals surface area (Å²) in [7, 11) is 0. The number of hydrogen-bond acceptors (Lipinski definition) is 5. The van der Waals surface area contributed by atoms with Gasteiger partial charge in [-0.15, -0.1) is 0 Å². The summed E-state index contributed by atoms with van der Waals surface area (Å²) in [5.41, 5.74) is -0.502. The molecular weight excluding hydrogens is 262 g/mol. The van der Waals surface area contributed by atoms with E-state index in [0.29, 0.717) is 18.0 Å². The summed E-state index contributed by atoms with van der Waals surface area (Å²) < 4.78 is 5.42. The lowest BCUT2D eigenvalue weighted by Gasteiger charge is -2.11. The summed E-state index contributed by atoms with van der Waals surface area (Å²) in [6, 6.07) is 7.15. The van der Waals surface area contributed by atoms with E-state index in [1.165, 1.54) is 0 Å². The van der Waals surface area contributed by atoms with Gasteiger partial charge in [-0.3, -0.25) is 9.78 Å². The van der Waals surface area contributed by atoms with Crippen LogP contribution in [-0.2, 0) is 0 Å². The van der Waals surface area contributed by atoms with Crippen molar-refractivity contribution in [2.24, 2.45) is 0 Å². The van der Waals surface area contributed by atoms with E-state index in [2.05, 4.69) is 15.3 Å². The first kappa shape index (κ1) is 13.6. The monoisotopic (exact) mass is 275 g/mol. The maximum absolute atomic E-state index is 11.5. The molecule has 0 radical (unpaired) electrons. The third-order valence-corrected chi connectivity index (χ3v) is 2.47. The van der Waals surface area contributed by atoms with Gasteiger partial charge < -0.3 is 15.2 Å². The number of para-hydroxylation sites is 2. The molecule has 3 N–H and O–H groups in total. The van der Waals surface area contributed by atoms with Crippen LogP contribution in [0.2, 0.25) is 0 Å². The lowest BCUT2D eigenvalue weighted by Crippen LogP contribution is -2.19. The summed E-state index contributed by atoms with van der Waals surface area (Å²) in [5.74, 6) is -0.563. The van der Waals surface area contributed by atoms with Crippen LogP contribution in [0.4, 0.5) is 11.6 Å². The number of H-pyrrole nitrogens is 1. The van der Waals surface area contributed by atoms with Crippen molar-refractivity contribution in [1.82, 2.24) is 9.97 Å². The van der Waals surface area contributed by atoms with Gasteiger partial charge in [0.15, 0.2) is 0 Å². The van der Waals surface area contributed by atoms with Crippen molar-refractivity contribution >= 4 is 17.6 Å². The van der Waals surface area contributed by atoms with Gasteiger partial charge >= 0.3 is 5.97 Å². The molecule has 0 unspecified atom stereocenters. The molecule has 0 aliphatic heterocycles. The van der Waals surface area contributed by atoms with Crippen LogP contribution in [0.3, 0.4) is 0 Å². The molecule has 1 aromatic carbocycles. The van der Waals surface area contributed by atoms with E-state index in [1.807, 2.05) is 13.0 Å². The SMILES string of the molecule is CCOc1ccccc1Nc1ncc(C(=O)O)c(=O)[nH]1. The molecule has 0 amide bonds. The normalized spacial score (nSPS) is 10.1. The Labute approximate surface area is 114 Å². The molecule has 0 fully saturated rings. The van der Waals surface area contributed by atoms with Crippen LogP contribution in [-0.4, -0.2) is 27.7 Å². The highest BCUT2D eigenvalue weighted by Gasteiger charge is 2.10. The van der Waals surface area contributed by atoms with Crippen LogP contribution >= 0.6 is 0 Å². The highest BCUT2D eigenvalue weighted by molar-refractivity contribution is 5.86. The first-order valence-corrected chi connectivity index (χ1v) is 5.93. The van der Waals surface area contributed by atoms with E-state index < -0.39 is 17.1 Å². The minimum atomic E-state index is -1.32. The molecule has 7 heteroatoms. The zero-order chi connectivity index (χ0) is 14.5. The fourth-order valence-electron chi connectivity index (χ4n) is 1.59. The largest absolute Gasteiger partial charge is 0.492 e. The number of rotatable bonds is 5. The molecule has 0 atom stereocenters. The molecule has 0 spiro atoms. The number of carbonyl (C=O) groups is 1. The van der Waals surface area contributed by atoms with Gasteiger partial charge in [0.2, 0.25) is 5.95 Å². The molecule has 0 bridgehead atoms. The molecule has 0 saturated heterocycles. The van der Waals surface area contributed by atoms with E-state index in [9.17, 15) is 9.59 Å². The summed E-state index contributed by atoms with van der Waals surface area (Å²) >= 11 is 0. The topological polar surface area (TPSA) is 104 Å². The third-order valence-electron chi connectivity index (χ3n) is 2.47. The smallest absolute Gasteiger partial charge is 0.342 e. The second kappa shape index (κ2) is 5.87. The van der Waals surface area contributed by atoms with Crippen molar-refractivity contribution in [3.8, 4) is 5.75 Å². The lowest BCUT2D eigenvalue weighted by molar-refractivity contribution is 0.0694. The Kier molecular flexibility index (Phi) is 3.99. The van der Waals surface area contributed by atoms with Gasteiger partial charge in [0.05, 0.1) is 18.5 Å². The average Bonchev–Trinajstić information content (AvgIpc) is 2.41. The molecular formula is C13H13N3O4. The van der Waals surface area contributed by atoms with Crippen molar-refractivity contribution in [3.63, 3.8) is 0 Å². The molecule has 1 aromatic heterocycles. The predicted molar refractivity (Wildman–Crippen MR) is 72.7 cm³/mol. The number of anilines is 2. The Balaban J connectivity index is 2.29. The lowest BCUT2D eigenvalue weighted by atomic mass is 10.3. The predicted octanol–water partition coefficient (Wildman–Crippen LogP) is 1.61. The van der Waals surface area contributed by atoms with Crippen LogP contribution in [0.25, 0.3) is 0 Å².